The van der Waals surface area contributed by atoms with Crippen molar-refractivity contribution in [3.63, 3.8) is 0 Å². The first-order valence-electron chi connectivity index (χ1n) is 16.7. The van der Waals surface area contributed by atoms with Gasteiger partial charge in [-0.15, -0.1) is 0 Å². The zero-order chi connectivity index (χ0) is 36.6. The normalized spacial score (nSPS) is 38.7. The molecule has 3 aliphatic rings. The third-order valence-corrected chi connectivity index (χ3v) is 9.74. The van der Waals surface area contributed by atoms with Gasteiger partial charge < -0.3 is 77.2 Å². The second-order valence-electron chi connectivity index (χ2n) is 13.2. The molecule has 6 rings (SSSR count). The van der Waals surface area contributed by atoms with E-state index in [4.69, 9.17) is 41.1 Å². The number of hydrogen-bond acceptors (Lipinski definition) is 16. The number of pyridine rings is 1. The molecule has 3 heterocycles. The summed E-state index contributed by atoms with van der Waals surface area (Å²) in [7, 11) is 0. The summed E-state index contributed by atoms with van der Waals surface area (Å²) in [5, 5.41) is 77.3. The molecule has 17 nitrogen and oxygen atoms in total. The quantitative estimate of drug-likeness (QED) is 0.102. The Morgan fingerprint density at radius 3 is 2.04 bits per heavy atom. The molecule has 2 aliphatic heterocycles. The average Bonchev–Trinajstić information content (AvgIpc) is 3.14. The number of rotatable bonds is 9. The van der Waals surface area contributed by atoms with E-state index in [0.29, 0.717) is 22.2 Å². The number of carbonyl (C=O) groups is 1. The largest absolute Gasteiger partial charge is 0.394 e. The van der Waals surface area contributed by atoms with Crippen LogP contribution in [0.15, 0.2) is 60.7 Å². The molecule has 0 spiro atoms. The molecule has 17 heteroatoms. The molecule has 0 unspecified atom stereocenters. The van der Waals surface area contributed by atoms with E-state index in [1.807, 2.05) is 36.4 Å². The average molecular weight is 716 g/mol. The van der Waals surface area contributed by atoms with Crippen LogP contribution in [-0.4, -0.2) is 152 Å². The summed E-state index contributed by atoms with van der Waals surface area (Å²) in [6.45, 7) is -0.941. The number of para-hydroxylation sites is 1. The van der Waals surface area contributed by atoms with E-state index in [9.17, 15) is 40.5 Å². The highest BCUT2D eigenvalue weighted by Gasteiger charge is 2.51. The molecule has 1 amide bonds. The third-order valence-electron chi connectivity index (χ3n) is 9.74. The summed E-state index contributed by atoms with van der Waals surface area (Å²) in [5.41, 5.74) is 20.7. The SMILES string of the molecule is N[C@@H]1[C@@H](O)[C@@H](O[C@@H]2[C@@H](O)[C@H](O[C@H]3O[C@H](CNC(=O)c4cc(-c5ccccc5)nc5ccccc45)[C@@H](O)[C@H](O)[C@H]3O)[C@@H](N)C[C@H]2N)O[C@H](CO)[C@H]1O. The van der Waals surface area contributed by atoms with Crippen LogP contribution in [0, 0.1) is 0 Å². The standard InChI is InChI=1S/C34H45N5O12/c35-17-11-18(36)31(29(46)30(17)50-33-26(43)23(37)24(41)22(13-40)49-33)51-34-28(45)27(44)25(42)21(48-34)12-38-32(47)16-10-20(14-6-2-1-3-7-14)39-19-9-5-4-8-15(16)19/h1-10,17-18,21-31,33-34,40-46H,11-13,35-37H2,(H,38,47)/t17-,18+,21-,22-,23+,24-,25-,26-,27+,28-,29-,30+,31-,33-,34-/m1/s1. The van der Waals surface area contributed by atoms with Crippen molar-refractivity contribution in [2.24, 2.45) is 17.2 Å². The Morgan fingerprint density at radius 2 is 1.37 bits per heavy atom. The molecule has 3 aromatic rings. The second-order valence-corrected chi connectivity index (χ2v) is 13.2. The number of hydrogen-bond donors (Lipinski definition) is 11. The van der Waals surface area contributed by atoms with Gasteiger partial charge in [-0.3, -0.25) is 4.79 Å². The summed E-state index contributed by atoms with van der Waals surface area (Å²) in [4.78, 5) is 18.3. The van der Waals surface area contributed by atoms with Crippen LogP contribution in [0.3, 0.4) is 0 Å². The molecule has 14 N–H and O–H groups in total. The Morgan fingerprint density at radius 1 is 0.765 bits per heavy atom. The van der Waals surface area contributed by atoms with Gasteiger partial charge in [0.15, 0.2) is 12.6 Å². The van der Waals surface area contributed by atoms with Crippen LogP contribution in [0.5, 0.6) is 0 Å². The van der Waals surface area contributed by atoms with Crippen LogP contribution in [-0.2, 0) is 18.9 Å². The van der Waals surface area contributed by atoms with Gasteiger partial charge in [-0.25, -0.2) is 4.98 Å². The van der Waals surface area contributed by atoms with Crippen molar-refractivity contribution >= 4 is 16.8 Å². The van der Waals surface area contributed by atoms with Gasteiger partial charge in [-0.2, -0.15) is 0 Å². The van der Waals surface area contributed by atoms with E-state index in [0.717, 1.165) is 5.56 Å². The maximum absolute atomic E-state index is 13.6. The number of nitrogens with zero attached hydrogens (tertiary/aromatic N) is 1. The van der Waals surface area contributed by atoms with Gasteiger partial charge in [0.2, 0.25) is 0 Å². The van der Waals surface area contributed by atoms with Crippen molar-refractivity contribution < 1.29 is 59.5 Å². The van der Waals surface area contributed by atoms with Crippen molar-refractivity contribution in [1.82, 2.24) is 10.3 Å². The van der Waals surface area contributed by atoms with Gasteiger partial charge in [-0.05, 0) is 18.6 Å². The van der Waals surface area contributed by atoms with E-state index >= 15 is 0 Å². The highest BCUT2D eigenvalue weighted by atomic mass is 16.7. The highest BCUT2D eigenvalue weighted by Crippen LogP contribution is 2.32. The van der Waals surface area contributed by atoms with E-state index in [-0.39, 0.29) is 13.0 Å². The molecule has 2 aromatic carbocycles. The number of aromatic nitrogens is 1. The number of ether oxygens (including phenoxy) is 4. The molecule has 15 atom stereocenters. The van der Waals surface area contributed by atoms with Gasteiger partial charge in [0.1, 0.15) is 61.0 Å². The summed E-state index contributed by atoms with van der Waals surface area (Å²) in [5.74, 6) is -0.513. The maximum Gasteiger partial charge on any atom is 0.252 e. The molecular formula is C34H45N5O12. The number of nitrogens with one attached hydrogen (secondary N) is 1. The first-order chi connectivity index (χ1) is 24.4. The lowest BCUT2D eigenvalue weighted by Gasteiger charge is -2.48. The maximum atomic E-state index is 13.6. The first-order valence-corrected chi connectivity index (χ1v) is 16.7. The number of aliphatic hydroxyl groups is 7. The molecule has 1 aromatic heterocycles. The second kappa shape index (κ2) is 15.8. The summed E-state index contributed by atoms with van der Waals surface area (Å²) in [6, 6.07) is 15.0. The Kier molecular flexibility index (Phi) is 11.6. The lowest BCUT2D eigenvalue weighted by atomic mass is 9.84. The molecule has 1 aliphatic carbocycles. The van der Waals surface area contributed by atoms with Crippen LogP contribution in [0.4, 0.5) is 0 Å². The van der Waals surface area contributed by atoms with Gasteiger partial charge in [0.25, 0.3) is 5.91 Å². The lowest BCUT2D eigenvalue weighted by Crippen LogP contribution is -2.68. The zero-order valence-electron chi connectivity index (χ0n) is 27.4. The fourth-order valence-corrected chi connectivity index (χ4v) is 6.78. The smallest absolute Gasteiger partial charge is 0.252 e. The van der Waals surface area contributed by atoms with Crippen molar-refractivity contribution in [3.8, 4) is 11.3 Å². The van der Waals surface area contributed by atoms with Gasteiger partial charge in [0.05, 0.1) is 29.4 Å². The van der Waals surface area contributed by atoms with Gasteiger partial charge >= 0.3 is 0 Å². The topological polar surface area (TPSA) is 299 Å². The third kappa shape index (κ3) is 7.64. The summed E-state index contributed by atoms with van der Waals surface area (Å²) >= 11 is 0. The Bertz CT molecular complexity index is 1640. The molecule has 1 saturated carbocycles. The van der Waals surface area contributed by atoms with Crippen LogP contribution in [0.2, 0.25) is 0 Å². The van der Waals surface area contributed by atoms with Gasteiger partial charge in [0, 0.05) is 29.6 Å². The predicted octanol–water partition coefficient (Wildman–Crippen LogP) is -3.60. The minimum atomic E-state index is -1.80. The van der Waals surface area contributed by atoms with E-state index in [2.05, 4.69) is 5.32 Å². The van der Waals surface area contributed by atoms with Crippen LogP contribution >= 0.6 is 0 Å². The predicted molar refractivity (Wildman–Crippen MR) is 178 cm³/mol. The molecule has 0 radical (unpaired) electrons. The van der Waals surface area contributed by atoms with Crippen molar-refractivity contribution in [2.45, 2.75) is 98.2 Å². The van der Waals surface area contributed by atoms with Crippen LogP contribution < -0.4 is 22.5 Å². The number of benzene rings is 2. The molecule has 0 bridgehead atoms. The minimum Gasteiger partial charge on any atom is -0.394 e. The van der Waals surface area contributed by atoms with Crippen molar-refractivity contribution in [1.29, 1.82) is 0 Å². The van der Waals surface area contributed by atoms with Crippen molar-refractivity contribution in [2.75, 3.05) is 13.2 Å². The lowest BCUT2D eigenvalue weighted by molar-refractivity contribution is -0.332. The zero-order valence-corrected chi connectivity index (χ0v) is 27.4. The number of aliphatic hydroxyl groups excluding tert-OH is 7. The monoisotopic (exact) mass is 715 g/mol. The molecule has 278 valence electrons. The number of fused-ring (bicyclic) bond motifs is 1. The van der Waals surface area contributed by atoms with E-state index in [1.165, 1.54) is 0 Å². The number of nitrogens with two attached hydrogens (primary N) is 3. The Labute approximate surface area is 292 Å². The van der Waals surface area contributed by atoms with Crippen LogP contribution in [0.25, 0.3) is 22.2 Å². The van der Waals surface area contributed by atoms with Crippen molar-refractivity contribution in [3.05, 3.63) is 66.2 Å². The van der Waals surface area contributed by atoms with Crippen LogP contribution in [0.1, 0.15) is 16.8 Å². The Hall–Kier alpha value is -3.24. The summed E-state index contributed by atoms with van der Waals surface area (Å²) < 4.78 is 23.1. The summed E-state index contributed by atoms with van der Waals surface area (Å²) in [6.07, 6.45) is -17.9. The molecular weight excluding hydrogens is 670 g/mol. The number of amides is 1. The molecule has 3 fully saturated rings. The molecule has 2 saturated heterocycles. The van der Waals surface area contributed by atoms with Gasteiger partial charge in [-0.1, -0.05) is 48.5 Å². The van der Waals surface area contributed by atoms with E-state index in [1.54, 1.807) is 24.3 Å². The van der Waals surface area contributed by atoms with E-state index < -0.39 is 104 Å². The highest BCUT2D eigenvalue weighted by molar-refractivity contribution is 6.07. The fourth-order valence-electron chi connectivity index (χ4n) is 6.78. The fraction of sp³-hybridized carbons (Fsp3) is 0.529. The Balaban J connectivity index is 1.15. The number of carbonyl (C=O) groups excluding carboxylic acids is 1. The minimum absolute atomic E-state index is 0.0195. The molecule has 51 heavy (non-hydrogen) atoms. The first kappa shape index (κ1) is 37.5.